The van der Waals surface area contributed by atoms with Crippen molar-refractivity contribution in [3.8, 4) is 0 Å². The lowest BCUT2D eigenvalue weighted by molar-refractivity contribution is 0.0943. The number of rotatable bonds is 4. The van der Waals surface area contributed by atoms with Crippen molar-refractivity contribution in [2.45, 2.75) is 20.0 Å². The molecule has 0 saturated carbocycles. The van der Waals surface area contributed by atoms with Gasteiger partial charge in [0.1, 0.15) is 11.5 Å². The molecule has 1 amide bonds. The molecule has 0 aliphatic carbocycles. The molecule has 2 heterocycles. The molecular formula is C18H17ClFN3O2. The number of nitrogens with zero attached hydrogens (tertiary/aromatic N) is 2. The summed E-state index contributed by atoms with van der Waals surface area (Å²) in [5.41, 5.74) is 1.64. The topological polar surface area (TPSA) is 56.0 Å². The molecule has 0 saturated heterocycles. The van der Waals surface area contributed by atoms with Crippen LogP contribution in [0.3, 0.4) is 0 Å². The van der Waals surface area contributed by atoms with Crippen LogP contribution in [0.15, 0.2) is 41.3 Å². The minimum atomic E-state index is -0.502. The van der Waals surface area contributed by atoms with E-state index in [0.29, 0.717) is 28.7 Å². The van der Waals surface area contributed by atoms with Gasteiger partial charge < -0.3 is 14.5 Å². The van der Waals surface area contributed by atoms with Crippen LogP contribution in [0.4, 0.5) is 4.39 Å². The lowest BCUT2D eigenvalue weighted by Crippen LogP contribution is -2.24. The number of halogens is 2. The van der Waals surface area contributed by atoms with Crippen LogP contribution in [-0.2, 0) is 20.1 Å². The van der Waals surface area contributed by atoms with Crippen molar-refractivity contribution in [3.63, 3.8) is 0 Å². The van der Waals surface area contributed by atoms with Crippen LogP contribution in [0, 0.1) is 5.82 Å². The van der Waals surface area contributed by atoms with Gasteiger partial charge in [-0.15, -0.1) is 0 Å². The molecule has 0 aliphatic heterocycles. The first kappa shape index (κ1) is 17.2. The van der Waals surface area contributed by atoms with E-state index in [1.807, 2.05) is 13.0 Å². The standard InChI is InChI=1S/C18H17ClFN3O2/c1-3-23-7-6-15-12(18(23)25)9-16(22(15)2)17(24)21-10-11-4-5-14(20)13(19)8-11/h4-9H,3,10H2,1-2H3,(H,21,24). The minimum Gasteiger partial charge on any atom is -0.347 e. The van der Waals surface area contributed by atoms with Gasteiger partial charge in [-0.3, -0.25) is 9.59 Å². The molecule has 0 fully saturated rings. The lowest BCUT2D eigenvalue weighted by atomic mass is 10.2. The van der Waals surface area contributed by atoms with Gasteiger partial charge in [-0.1, -0.05) is 17.7 Å². The van der Waals surface area contributed by atoms with Gasteiger partial charge >= 0.3 is 0 Å². The highest BCUT2D eigenvalue weighted by atomic mass is 35.5. The fraction of sp³-hybridized carbons (Fsp3) is 0.222. The van der Waals surface area contributed by atoms with E-state index in [0.717, 1.165) is 0 Å². The summed E-state index contributed by atoms with van der Waals surface area (Å²) in [6, 6.07) is 7.70. The molecule has 0 radical (unpaired) electrons. The number of nitrogens with one attached hydrogen (secondary N) is 1. The van der Waals surface area contributed by atoms with Crippen LogP contribution in [-0.4, -0.2) is 15.0 Å². The van der Waals surface area contributed by atoms with Crippen LogP contribution < -0.4 is 10.9 Å². The van der Waals surface area contributed by atoms with E-state index in [4.69, 9.17) is 11.6 Å². The van der Waals surface area contributed by atoms with Crippen LogP contribution in [0.1, 0.15) is 23.0 Å². The summed E-state index contributed by atoms with van der Waals surface area (Å²) in [6.45, 7) is 2.66. The summed E-state index contributed by atoms with van der Waals surface area (Å²) in [5.74, 6) is -0.820. The number of fused-ring (bicyclic) bond motifs is 1. The fourth-order valence-corrected chi connectivity index (χ4v) is 2.97. The van der Waals surface area contributed by atoms with E-state index in [1.165, 1.54) is 12.1 Å². The molecule has 1 aromatic carbocycles. The summed E-state index contributed by atoms with van der Waals surface area (Å²) >= 11 is 5.74. The Bertz CT molecular complexity index is 1020. The van der Waals surface area contributed by atoms with Crippen LogP contribution in [0.25, 0.3) is 10.9 Å². The van der Waals surface area contributed by atoms with Crippen molar-refractivity contribution in [2.24, 2.45) is 7.05 Å². The first-order valence-electron chi connectivity index (χ1n) is 7.83. The fourth-order valence-electron chi connectivity index (χ4n) is 2.76. The van der Waals surface area contributed by atoms with E-state index < -0.39 is 5.82 Å². The Balaban J connectivity index is 1.87. The predicted molar refractivity (Wildman–Crippen MR) is 95.4 cm³/mol. The average molecular weight is 362 g/mol. The number of aryl methyl sites for hydroxylation is 2. The Morgan fingerprint density at radius 3 is 2.72 bits per heavy atom. The largest absolute Gasteiger partial charge is 0.347 e. The number of aromatic nitrogens is 2. The van der Waals surface area contributed by atoms with Crippen molar-refractivity contribution < 1.29 is 9.18 Å². The zero-order valence-corrected chi connectivity index (χ0v) is 14.6. The van der Waals surface area contributed by atoms with Crippen molar-refractivity contribution >= 4 is 28.4 Å². The number of hydrogen-bond donors (Lipinski definition) is 1. The summed E-state index contributed by atoms with van der Waals surface area (Å²) in [5, 5.41) is 3.27. The van der Waals surface area contributed by atoms with Gasteiger partial charge in [0.25, 0.3) is 11.5 Å². The van der Waals surface area contributed by atoms with Gasteiger partial charge in [0.2, 0.25) is 0 Å². The molecule has 7 heteroatoms. The third-order valence-electron chi connectivity index (χ3n) is 4.19. The third kappa shape index (κ3) is 3.17. The molecule has 2 aromatic heterocycles. The molecule has 3 aromatic rings. The molecule has 25 heavy (non-hydrogen) atoms. The summed E-state index contributed by atoms with van der Waals surface area (Å²) in [6.07, 6.45) is 1.72. The molecule has 0 unspecified atom stereocenters. The molecule has 0 spiro atoms. The quantitative estimate of drug-likeness (QED) is 0.776. The van der Waals surface area contributed by atoms with Gasteiger partial charge in [0, 0.05) is 26.3 Å². The van der Waals surface area contributed by atoms with Gasteiger partial charge in [0.05, 0.1) is 15.9 Å². The van der Waals surface area contributed by atoms with Crippen LogP contribution in [0.5, 0.6) is 0 Å². The molecule has 5 nitrogen and oxygen atoms in total. The smallest absolute Gasteiger partial charge is 0.268 e. The highest BCUT2D eigenvalue weighted by Crippen LogP contribution is 2.17. The van der Waals surface area contributed by atoms with Crippen molar-refractivity contribution in [2.75, 3.05) is 0 Å². The summed E-state index contributed by atoms with van der Waals surface area (Å²) in [4.78, 5) is 24.8. The molecule has 3 rings (SSSR count). The molecular weight excluding hydrogens is 345 g/mol. The van der Waals surface area contributed by atoms with Crippen molar-refractivity contribution in [1.82, 2.24) is 14.5 Å². The Hall–Kier alpha value is -2.60. The van der Waals surface area contributed by atoms with E-state index >= 15 is 0 Å². The highest BCUT2D eigenvalue weighted by Gasteiger charge is 2.16. The van der Waals surface area contributed by atoms with E-state index in [-0.39, 0.29) is 23.0 Å². The van der Waals surface area contributed by atoms with E-state index in [2.05, 4.69) is 5.32 Å². The zero-order chi connectivity index (χ0) is 18.1. The SMILES string of the molecule is CCn1ccc2c(cc(C(=O)NCc3ccc(F)c(Cl)c3)n2C)c1=O. The molecule has 1 N–H and O–H groups in total. The van der Waals surface area contributed by atoms with E-state index in [1.54, 1.807) is 34.5 Å². The first-order valence-corrected chi connectivity index (χ1v) is 8.21. The van der Waals surface area contributed by atoms with Gasteiger partial charge in [-0.25, -0.2) is 4.39 Å². The van der Waals surface area contributed by atoms with Gasteiger partial charge in [-0.05, 0) is 36.8 Å². The summed E-state index contributed by atoms with van der Waals surface area (Å²) in [7, 11) is 1.74. The predicted octanol–water partition coefficient (Wildman–Crippen LogP) is 3.08. The first-order chi connectivity index (χ1) is 11.9. The number of amides is 1. The van der Waals surface area contributed by atoms with Crippen molar-refractivity contribution in [3.05, 3.63) is 69.0 Å². The number of hydrogen-bond acceptors (Lipinski definition) is 2. The zero-order valence-electron chi connectivity index (χ0n) is 13.8. The lowest BCUT2D eigenvalue weighted by Gasteiger charge is -2.07. The second kappa shape index (κ2) is 6.72. The number of carbonyl (C=O) groups is 1. The maximum atomic E-state index is 13.2. The van der Waals surface area contributed by atoms with Crippen molar-refractivity contribution in [1.29, 1.82) is 0 Å². The van der Waals surface area contributed by atoms with Crippen LogP contribution in [0.2, 0.25) is 5.02 Å². The monoisotopic (exact) mass is 361 g/mol. The Morgan fingerprint density at radius 1 is 1.28 bits per heavy atom. The number of benzene rings is 1. The second-order valence-corrected chi connectivity index (χ2v) is 6.13. The number of carbonyl (C=O) groups excluding carboxylic acids is 1. The number of pyridine rings is 1. The second-order valence-electron chi connectivity index (χ2n) is 5.73. The van der Waals surface area contributed by atoms with Crippen LogP contribution >= 0.6 is 11.6 Å². The third-order valence-corrected chi connectivity index (χ3v) is 4.48. The molecule has 0 aliphatic rings. The Morgan fingerprint density at radius 2 is 2.04 bits per heavy atom. The normalized spacial score (nSPS) is 11.0. The maximum Gasteiger partial charge on any atom is 0.268 e. The molecule has 130 valence electrons. The Kier molecular flexibility index (Phi) is 4.63. The maximum absolute atomic E-state index is 13.2. The summed E-state index contributed by atoms with van der Waals surface area (Å²) < 4.78 is 16.5. The average Bonchev–Trinajstić information content (AvgIpc) is 2.94. The minimum absolute atomic E-state index is 0.0106. The molecule has 0 bridgehead atoms. The Labute approximate surface area is 148 Å². The van der Waals surface area contributed by atoms with Gasteiger partial charge in [0.15, 0.2) is 0 Å². The van der Waals surface area contributed by atoms with Gasteiger partial charge in [-0.2, -0.15) is 0 Å². The molecule has 0 atom stereocenters. The van der Waals surface area contributed by atoms with E-state index in [9.17, 15) is 14.0 Å². The highest BCUT2D eigenvalue weighted by molar-refractivity contribution is 6.30.